The van der Waals surface area contributed by atoms with E-state index in [0.717, 1.165) is 5.56 Å². The molecule has 7 heteroatoms. The minimum Gasteiger partial charge on any atom is -0.381 e. The molecule has 0 saturated heterocycles. The van der Waals surface area contributed by atoms with E-state index in [1.165, 1.54) is 24.1 Å². The van der Waals surface area contributed by atoms with E-state index in [9.17, 15) is 14.0 Å². The number of carbonyl (C=O) groups excluding carboxylic acids is 2. The van der Waals surface area contributed by atoms with Crippen LogP contribution in [-0.4, -0.2) is 30.3 Å². The fourth-order valence-corrected chi connectivity index (χ4v) is 2.38. The topological polar surface area (TPSA) is 75.4 Å². The smallest absolute Gasteiger partial charge is 0.254 e. The first-order valence-electron chi connectivity index (χ1n) is 7.18. The Labute approximate surface area is 144 Å². The van der Waals surface area contributed by atoms with Crippen LogP contribution in [0, 0.1) is 5.82 Å². The molecule has 5 nitrogen and oxygen atoms in total. The van der Waals surface area contributed by atoms with Crippen molar-refractivity contribution in [2.45, 2.75) is 6.54 Å². The summed E-state index contributed by atoms with van der Waals surface area (Å²) in [6.07, 6.45) is 0. The first-order chi connectivity index (χ1) is 11.4. The number of primary amides is 1. The quantitative estimate of drug-likeness (QED) is 0.841. The van der Waals surface area contributed by atoms with E-state index in [2.05, 4.69) is 5.32 Å². The van der Waals surface area contributed by atoms with E-state index in [0.29, 0.717) is 22.8 Å². The molecule has 24 heavy (non-hydrogen) atoms. The van der Waals surface area contributed by atoms with Gasteiger partial charge >= 0.3 is 0 Å². The maximum absolute atomic E-state index is 13.0. The molecule has 0 aromatic heterocycles. The SMILES string of the molecule is CN(CC(N)=O)C(=O)c1cccc(NCc2ccc(F)cc2Cl)c1. The Balaban J connectivity index is 2.07. The summed E-state index contributed by atoms with van der Waals surface area (Å²) in [4.78, 5) is 24.4. The number of likely N-dealkylation sites (N-methyl/N-ethyl adjacent to an activating group) is 1. The normalized spacial score (nSPS) is 10.3. The maximum atomic E-state index is 13.0. The molecule has 2 aromatic rings. The Morgan fingerprint density at radius 1 is 1.25 bits per heavy atom. The second-order valence-electron chi connectivity index (χ2n) is 5.30. The zero-order valence-electron chi connectivity index (χ0n) is 13.1. The van der Waals surface area contributed by atoms with E-state index in [-0.39, 0.29) is 12.5 Å². The highest BCUT2D eigenvalue weighted by atomic mass is 35.5. The summed E-state index contributed by atoms with van der Waals surface area (Å²) < 4.78 is 13.0. The van der Waals surface area contributed by atoms with Gasteiger partial charge in [-0.2, -0.15) is 0 Å². The van der Waals surface area contributed by atoms with Gasteiger partial charge in [0.1, 0.15) is 5.82 Å². The minimum atomic E-state index is -0.578. The van der Waals surface area contributed by atoms with Crippen molar-refractivity contribution in [2.24, 2.45) is 5.73 Å². The number of nitrogens with zero attached hydrogens (tertiary/aromatic N) is 1. The Kier molecular flexibility index (Phi) is 5.76. The van der Waals surface area contributed by atoms with Gasteiger partial charge in [-0.15, -0.1) is 0 Å². The van der Waals surface area contributed by atoms with Crippen molar-refractivity contribution in [3.8, 4) is 0 Å². The van der Waals surface area contributed by atoms with E-state index >= 15 is 0 Å². The van der Waals surface area contributed by atoms with Gasteiger partial charge < -0.3 is 16.0 Å². The fraction of sp³-hybridized carbons (Fsp3) is 0.176. The number of halogens is 2. The lowest BCUT2D eigenvalue weighted by Gasteiger charge is -2.16. The van der Waals surface area contributed by atoms with Gasteiger partial charge in [-0.3, -0.25) is 9.59 Å². The molecule has 0 unspecified atom stereocenters. The number of amides is 2. The molecule has 0 aliphatic heterocycles. The third-order valence-electron chi connectivity index (χ3n) is 3.35. The van der Waals surface area contributed by atoms with Crippen LogP contribution in [0.25, 0.3) is 0 Å². The lowest BCUT2D eigenvalue weighted by molar-refractivity contribution is -0.118. The van der Waals surface area contributed by atoms with Crippen LogP contribution in [0.1, 0.15) is 15.9 Å². The lowest BCUT2D eigenvalue weighted by Crippen LogP contribution is -2.35. The molecule has 126 valence electrons. The summed E-state index contributed by atoms with van der Waals surface area (Å²) in [7, 11) is 1.51. The highest BCUT2D eigenvalue weighted by Gasteiger charge is 2.13. The summed E-state index contributed by atoms with van der Waals surface area (Å²) in [6.45, 7) is 0.232. The summed E-state index contributed by atoms with van der Waals surface area (Å²) in [6, 6.07) is 11.0. The van der Waals surface area contributed by atoms with Crippen LogP contribution in [-0.2, 0) is 11.3 Å². The minimum absolute atomic E-state index is 0.151. The van der Waals surface area contributed by atoms with Crippen molar-refractivity contribution in [2.75, 3.05) is 18.9 Å². The van der Waals surface area contributed by atoms with Crippen molar-refractivity contribution >= 4 is 29.1 Å². The van der Waals surface area contributed by atoms with Crippen molar-refractivity contribution in [1.82, 2.24) is 4.90 Å². The first-order valence-corrected chi connectivity index (χ1v) is 7.56. The van der Waals surface area contributed by atoms with E-state index < -0.39 is 11.7 Å². The number of anilines is 1. The molecule has 0 aliphatic rings. The lowest BCUT2D eigenvalue weighted by atomic mass is 10.1. The zero-order valence-corrected chi connectivity index (χ0v) is 13.8. The number of carbonyl (C=O) groups is 2. The molecule has 0 aliphatic carbocycles. The van der Waals surface area contributed by atoms with Crippen LogP contribution < -0.4 is 11.1 Å². The average Bonchev–Trinajstić information content (AvgIpc) is 2.53. The number of nitrogens with two attached hydrogens (primary N) is 1. The van der Waals surface area contributed by atoms with Gasteiger partial charge in [-0.05, 0) is 35.9 Å². The standard InChI is InChI=1S/C17H17ClFN3O2/c1-22(10-16(20)23)17(24)11-3-2-4-14(7-11)21-9-12-5-6-13(19)8-15(12)18/h2-8,21H,9-10H2,1H3,(H2,20,23). The second-order valence-corrected chi connectivity index (χ2v) is 5.70. The number of hydrogen-bond acceptors (Lipinski definition) is 3. The largest absolute Gasteiger partial charge is 0.381 e. The van der Waals surface area contributed by atoms with Gasteiger partial charge in [0, 0.05) is 29.9 Å². The van der Waals surface area contributed by atoms with Gasteiger partial charge in [0.25, 0.3) is 5.91 Å². The van der Waals surface area contributed by atoms with Crippen LogP contribution >= 0.6 is 11.6 Å². The van der Waals surface area contributed by atoms with Crippen LogP contribution in [0.3, 0.4) is 0 Å². The van der Waals surface area contributed by atoms with Crippen molar-refractivity contribution in [1.29, 1.82) is 0 Å². The monoisotopic (exact) mass is 349 g/mol. The van der Waals surface area contributed by atoms with Gasteiger partial charge in [-0.1, -0.05) is 23.7 Å². The summed E-state index contributed by atoms with van der Waals surface area (Å²) in [5, 5.41) is 3.46. The van der Waals surface area contributed by atoms with Gasteiger partial charge in [0.15, 0.2) is 0 Å². The summed E-state index contributed by atoms with van der Waals surface area (Å²) in [5.41, 5.74) is 6.96. The predicted molar refractivity (Wildman–Crippen MR) is 91.3 cm³/mol. The van der Waals surface area contributed by atoms with E-state index in [1.807, 2.05) is 0 Å². The second kappa shape index (κ2) is 7.79. The Bertz CT molecular complexity index is 767. The van der Waals surface area contributed by atoms with Gasteiger partial charge in [-0.25, -0.2) is 4.39 Å². The fourth-order valence-electron chi connectivity index (χ4n) is 2.15. The van der Waals surface area contributed by atoms with Crippen molar-refractivity contribution in [3.63, 3.8) is 0 Å². The Morgan fingerprint density at radius 3 is 2.67 bits per heavy atom. The Hall–Kier alpha value is -2.60. The molecule has 0 bridgehead atoms. The van der Waals surface area contributed by atoms with Crippen molar-refractivity contribution < 1.29 is 14.0 Å². The zero-order chi connectivity index (χ0) is 17.7. The Morgan fingerprint density at radius 2 is 2.00 bits per heavy atom. The molecule has 0 atom stereocenters. The molecule has 0 spiro atoms. The first kappa shape index (κ1) is 17.7. The molecule has 3 N–H and O–H groups in total. The third kappa shape index (κ3) is 4.70. The third-order valence-corrected chi connectivity index (χ3v) is 3.70. The number of nitrogens with one attached hydrogen (secondary N) is 1. The predicted octanol–water partition coefficient (Wildman–Crippen LogP) is 2.65. The molecular weight excluding hydrogens is 333 g/mol. The highest BCUT2D eigenvalue weighted by molar-refractivity contribution is 6.31. The van der Waals surface area contributed by atoms with Crippen LogP contribution in [0.4, 0.5) is 10.1 Å². The molecule has 0 fully saturated rings. The van der Waals surface area contributed by atoms with Crippen LogP contribution in [0.2, 0.25) is 5.02 Å². The highest BCUT2D eigenvalue weighted by Crippen LogP contribution is 2.19. The molecule has 2 amide bonds. The number of benzene rings is 2. The number of rotatable bonds is 6. The summed E-state index contributed by atoms with van der Waals surface area (Å²) in [5.74, 6) is -1.28. The molecule has 0 saturated carbocycles. The molecule has 0 heterocycles. The van der Waals surface area contributed by atoms with E-state index in [4.69, 9.17) is 17.3 Å². The molecule has 0 radical (unpaired) electrons. The average molecular weight is 350 g/mol. The molecular formula is C17H17ClFN3O2. The van der Waals surface area contributed by atoms with Crippen molar-refractivity contribution in [3.05, 3.63) is 64.4 Å². The molecule has 2 aromatic carbocycles. The maximum Gasteiger partial charge on any atom is 0.254 e. The number of hydrogen-bond donors (Lipinski definition) is 2. The van der Waals surface area contributed by atoms with E-state index in [1.54, 1.807) is 30.3 Å². The van der Waals surface area contributed by atoms with Gasteiger partial charge in [0.05, 0.1) is 6.54 Å². The molecule has 2 rings (SSSR count). The van der Waals surface area contributed by atoms with Crippen LogP contribution in [0.5, 0.6) is 0 Å². The summed E-state index contributed by atoms with van der Waals surface area (Å²) >= 11 is 5.98. The van der Waals surface area contributed by atoms with Gasteiger partial charge in [0.2, 0.25) is 5.91 Å². The van der Waals surface area contributed by atoms with Crippen LogP contribution in [0.15, 0.2) is 42.5 Å².